The first kappa shape index (κ1) is 23.2. The van der Waals surface area contributed by atoms with Crippen molar-refractivity contribution in [3.05, 3.63) is 59.1 Å². The van der Waals surface area contributed by atoms with Gasteiger partial charge >= 0.3 is 6.18 Å². The molecule has 2 aromatic carbocycles. The minimum Gasteiger partial charge on any atom is -0.493 e. The molecule has 2 unspecified atom stereocenters. The van der Waals surface area contributed by atoms with E-state index in [0.29, 0.717) is 24.9 Å². The minimum atomic E-state index is -4.33. The molecular formula is C24H28ClF3N2O2. The van der Waals surface area contributed by atoms with Crippen molar-refractivity contribution in [3.63, 3.8) is 0 Å². The van der Waals surface area contributed by atoms with E-state index >= 15 is 0 Å². The fourth-order valence-corrected chi connectivity index (χ4v) is 4.54. The quantitative estimate of drug-likeness (QED) is 0.570. The summed E-state index contributed by atoms with van der Waals surface area (Å²) in [4.78, 5) is 4.75. The lowest BCUT2D eigenvalue weighted by atomic mass is 9.98. The van der Waals surface area contributed by atoms with Crippen LogP contribution in [0.5, 0.6) is 5.75 Å². The first-order valence-electron chi connectivity index (χ1n) is 11.0. The molecule has 0 aromatic heterocycles. The molecule has 0 bridgehead atoms. The summed E-state index contributed by atoms with van der Waals surface area (Å²) in [5, 5.41) is 0.733. The molecule has 2 saturated heterocycles. The maximum absolute atomic E-state index is 12.7. The molecule has 2 atom stereocenters. The Hall–Kier alpha value is -1.96. The zero-order valence-electron chi connectivity index (χ0n) is 17.9. The lowest BCUT2D eigenvalue weighted by Crippen LogP contribution is -2.49. The van der Waals surface area contributed by atoms with Gasteiger partial charge in [-0.3, -0.25) is 0 Å². The summed E-state index contributed by atoms with van der Waals surface area (Å²) in [7, 11) is 0. The minimum absolute atomic E-state index is 0.133. The number of rotatable bonds is 6. The Morgan fingerprint density at radius 1 is 1.00 bits per heavy atom. The van der Waals surface area contributed by atoms with Crippen LogP contribution in [0.1, 0.15) is 18.4 Å². The number of likely N-dealkylation sites (tertiary alicyclic amines) is 1. The number of morpholine rings is 1. The Balaban J connectivity index is 1.25. The zero-order valence-corrected chi connectivity index (χ0v) is 18.6. The van der Waals surface area contributed by atoms with Crippen LogP contribution in [0.25, 0.3) is 0 Å². The van der Waals surface area contributed by atoms with Crippen molar-refractivity contribution in [2.75, 3.05) is 50.8 Å². The SMILES string of the molecule is FC(F)(F)c1ccc(OCC2CCCN(CC3CN(c4ccc(Cl)cc4)CCO3)C2)cc1. The highest BCUT2D eigenvalue weighted by atomic mass is 35.5. The molecule has 2 aliphatic rings. The molecule has 0 radical (unpaired) electrons. The van der Waals surface area contributed by atoms with Crippen LogP contribution in [0.3, 0.4) is 0 Å². The van der Waals surface area contributed by atoms with Gasteiger partial charge in [-0.15, -0.1) is 0 Å². The van der Waals surface area contributed by atoms with Crippen LogP contribution in [-0.2, 0) is 10.9 Å². The van der Waals surface area contributed by atoms with Gasteiger partial charge in [0.1, 0.15) is 5.75 Å². The van der Waals surface area contributed by atoms with Crippen molar-refractivity contribution in [2.24, 2.45) is 5.92 Å². The molecule has 0 amide bonds. The monoisotopic (exact) mass is 468 g/mol. The average Bonchev–Trinajstić information content (AvgIpc) is 2.78. The Bertz CT molecular complexity index is 861. The molecule has 2 aliphatic heterocycles. The van der Waals surface area contributed by atoms with Crippen molar-refractivity contribution in [1.29, 1.82) is 0 Å². The summed E-state index contributed by atoms with van der Waals surface area (Å²) in [6.45, 7) is 5.69. The van der Waals surface area contributed by atoms with Crippen LogP contribution in [0.2, 0.25) is 5.02 Å². The summed E-state index contributed by atoms with van der Waals surface area (Å²) in [5.41, 5.74) is 0.498. The maximum atomic E-state index is 12.7. The molecule has 0 spiro atoms. The van der Waals surface area contributed by atoms with Crippen LogP contribution in [0, 0.1) is 5.92 Å². The third-order valence-electron chi connectivity index (χ3n) is 6.06. The van der Waals surface area contributed by atoms with Gasteiger partial charge in [0, 0.05) is 42.8 Å². The zero-order chi connectivity index (χ0) is 22.6. The molecule has 32 heavy (non-hydrogen) atoms. The topological polar surface area (TPSA) is 24.9 Å². The first-order chi connectivity index (χ1) is 15.4. The van der Waals surface area contributed by atoms with Gasteiger partial charge in [0.25, 0.3) is 0 Å². The van der Waals surface area contributed by atoms with E-state index in [9.17, 15) is 13.2 Å². The standard InChI is InChI=1S/C24H28ClF3N2O2/c25-20-5-7-21(8-6-20)30-12-13-31-23(16-30)15-29-11-1-2-18(14-29)17-32-22-9-3-19(4-10-22)24(26,27)28/h3-10,18,23H,1-2,11-17H2. The van der Waals surface area contributed by atoms with E-state index in [1.54, 1.807) is 0 Å². The normalized spacial score (nSPS) is 22.7. The van der Waals surface area contributed by atoms with E-state index in [0.717, 1.165) is 68.4 Å². The van der Waals surface area contributed by atoms with E-state index in [1.165, 1.54) is 12.1 Å². The lowest BCUT2D eigenvalue weighted by Gasteiger charge is -2.39. The van der Waals surface area contributed by atoms with Gasteiger partial charge in [0.15, 0.2) is 0 Å². The van der Waals surface area contributed by atoms with E-state index in [2.05, 4.69) is 9.80 Å². The fourth-order valence-electron chi connectivity index (χ4n) is 4.41. The van der Waals surface area contributed by atoms with Crippen LogP contribution >= 0.6 is 11.6 Å². The molecule has 0 N–H and O–H groups in total. The van der Waals surface area contributed by atoms with Crippen molar-refractivity contribution in [2.45, 2.75) is 25.1 Å². The highest BCUT2D eigenvalue weighted by molar-refractivity contribution is 6.30. The molecule has 2 heterocycles. The molecule has 0 aliphatic carbocycles. The first-order valence-corrected chi connectivity index (χ1v) is 11.4. The number of anilines is 1. The summed E-state index contributed by atoms with van der Waals surface area (Å²) < 4.78 is 49.9. The smallest absolute Gasteiger partial charge is 0.416 e. The Morgan fingerprint density at radius 3 is 2.47 bits per heavy atom. The average molecular weight is 469 g/mol. The largest absolute Gasteiger partial charge is 0.493 e. The third kappa shape index (κ3) is 6.30. The Labute approximate surface area is 191 Å². The molecule has 0 saturated carbocycles. The number of alkyl halides is 3. The van der Waals surface area contributed by atoms with Gasteiger partial charge in [-0.2, -0.15) is 13.2 Å². The second kappa shape index (κ2) is 10.3. The third-order valence-corrected chi connectivity index (χ3v) is 6.31. The van der Waals surface area contributed by atoms with E-state index in [-0.39, 0.29) is 6.10 Å². The van der Waals surface area contributed by atoms with Crippen molar-refractivity contribution in [1.82, 2.24) is 4.90 Å². The molecule has 2 aromatic rings. The van der Waals surface area contributed by atoms with Gasteiger partial charge in [-0.05, 0) is 67.9 Å². The van der Waals surface area contributed by atoms with Crippen LogP contribution in [-0.4, -0.2) is 56.9 Å². The predicted molar refractivity (Wildman–Crippen MR) is 120 cm³/mol. The number of hydrogen-bond donors (Lipinski definition) is 0. The number of piperidine rings is 1. The summed E-state index contributed by atoms with van der Waals surface area (Å²) in [6, 6.07) is 12.8. The molecule has 174 valence electrons. The molecule has 2 fully saturated rings. The van der Waals surface area contributed by atoms with Gasteiger partial charge < -0.3 is 19.3 Å². The number of ether oxygens (including phenoxy) is 2. The maximum Gasteiger partial charge on any atom is 0.416 e. The number of hydrogen-bond acceptors (Lipinski definition) is 4. The second-order valence-corrected chi connectivity index (χ2v) is 8.95. The van der Waals surface area contributed by atoms with E-state index in [1.807, 2.05) is 24.3 Å². The van der Waals surface area contributed by atoms with Crippen molar-refractivity contribution >= 4 is 17.3 Å². The number of benzene rings is 2. The van der Waals surface area contributed by atoms with Crippen LogP contribution in [0.4, 0.5) is 18.9 Å². The molecule has 8 heteroatoms. The Morgan fingerprint density at radius 2 is 1.75 bits per heavy atom. The van der Waals surface area contributed by atoms with Crippen molar-refractivity contribution in [3.8, 4) is 5.75 Å². The highest BCUT2D eigenvalue weighted by Crippen LogP contribution is 2.30. The summed E-state index contributed by atoms with van der Waals surface area (Å²) in [5.74, 6) is 0.825. The van der Waals surface area contributed by atoms with Gasteiger partial charge in [-0.1, -0.05) is 11.6 Å². The molecular weight excluding hydrogens is 441 g/mol. The fraction of sp³-hybridized carbons (Fsp3) is 0.500. The van der Waals surface area contributed by atoms with E-state index in [4.69, 9.17) is 21.1 Å². The van der Waals surface area contributed by atoms with Gasteiger partial charge in [0.05, 0.1) is 24.9 Å². The Kier molecular flexibility index (Phi) is 7.48. The van der Waals surface area contributed by atoms with Gasteiger partial charge in [0.2, 0.25) is 0 Å². The van der Waals surface area contributed by atoms with Crippen molar-refractivity contribution < 1.29 is 22.6 Å². The summed E-state index contributed by atoms with van der Waals surface area (Å²) >= 11 is 6.01. The number of halogens is 4. The highest BCUT2D eigenvalue weighted by Gasteiger charge is 2.30. The van der Waals surface area contributed by atoms with E-state index < -0.39 is 11.7 Å². The summed E-state index contributed by atoms with van der Waals surface area (Å²) in [6.07, 6.45) is -2.06. The van der Waals surface area contributed by atoms with Crippen LogP contribution in [0.15, 0.2) is 48.5 Å². The van der Waals surface area contributed by atoms with Crippen LogP contribution < -0.4 is 9.64 Å². The predicted octanol–water partition coefficient (Wildman–Crippen LogP) is 5.36. The number of nitrogens with zero attached hydrogens (tertiary/aromatic N) is 2. The van der Waals surface area contributed by atoms with Gasteiger partial charge in [-0.25, -0.2) is 0 Å². The molecule has 4 nitrogen and oxygen atoms in total. The lowest BCUT2D eigenvalue weighted by molar-refractivity contribution is -0.137. The second-order valence-electron chi connectivity index (χ2n) is 8.52. The molecule has 4 rings (SSSR count).